The maximum atomic E-state index is 5.10. The first kappa shape index (κ1) is 53.6. The molecule has 10 nitrogen and oxygen atoms in total. The number of rotatable bonds is 8. The highest BCUT2D eigenvalue weighted by atomic mass is 14.8. The van der Waals surface area contributed by atoms with Gasteiger partial charge < -0.3 is 0 Å². The van der Waals surface area contributed by atoms with E-state index >= 15 is 0 Å². The second kappa shape index (κ2) is 22.8. The highest BCUT2D eigenvalue weighted by molar-refractivity contribution is 6.11. The van der Waals surface area contributed by atoms with E-state index in [1.54, 1.807) is 12.4 Å². The van der Waals surface area contributed by atoms with Crippen molar-refractivity contribution in [3.8, 4) is 89.5 Å². The largest absolute Gasteiger partial charge is 0.264 e. The van der Waals surface area contributed by atoms with Crippen LogP contribution in [-0.2, 0) is 0 Å². The molecular weight excluding hydrogens is 1120 g/mol. The summed E-state index contributed by atoms with van der Waals surface area (Å²) in [6.45, 7) is 0. The number of pyridine rings is 10. The van der Waals surface area contributed by atoms with Crippen molar-refractivity contribution in [3.63, 3.8) is 0 Å². The van der Waals surface area contributed by atoms with Crippen molar-refractivity contribution in [2.45, 2.75) is 0 Å². The van der Waals surface area contributed by atoms with E-state index in [0.29, 0.717) is 0 Å². The number of hydrogen-bond donors (Lipinski definition) is 0. The third-order valence-corrected chi connectivity index (χ3v) is 17.3. The van der Waals surface area contributed by atoms with E-state index in [-0.39, 0.29) is 0 Å². The molecule has 10 aromatic heterocycles. The van der Waals surface area contributed by atoms with Crippen molar-refractivity contribution in [2.24, 2.45) is 0 Å². The average molecular weight is 1180 g/mol. The molecule has 10 heteroatoms. The lowest BCUT2D eigenvalue weighted by Gasteiger charge is -2.11. The topological polar surface area (TPSA) is 129 Å². The summed E-state index contributed by atoms with van der Waals surface area (Å²) in [4.78, 5) is 47.1. The normalized spacial score (nSPS) is 11.5. The van der Waals surface area contributed by atoms with Crippen molar-refractivity contribution >= 4 is 87.2 Å². The maximum Gasteiger partial charge on any atom is 0.0970 e. The minimum atomic E-state index is 0.913. The lowest BCUT2D eigenvalue weighted by atomic mass is 9.96. The summed E-state index contributed by atoms with van der Waals surface area (Å²) in [6, 6.07) is 88.5. The molecule has 0 saturated heterocycles. The zero-order valence-corrected chi connectivity index (χ0v) is 49.3. The molecule has 0 bridgehead atoms. The zero-order valence-electron chi connectivity index (χ0n) is 49.3. The van der Waals surface area contributed by atoms with Gasteiger partial charge in [-0.2, -0.15) is 0 Å². The third-order valence-electron chi connectivity index (χ3n) is 17.3. The van der Waals surface area contributed by atoms with Crippen LogP contribution in [0, 0.1) is 0 Å². The van der Waals surface area contributed by atoms with E-state index in [2.05, 4.69) is 230 Å². The number of aromatic nitrogens is 10. The van der Waals surface area contributed by atoms with Crippen LogP contribution in [0.4, 0.5) is 0 Å². The van der Waals surface area contributed by atoms with Gasteiger partial charge in [-0.25, -0.2) is 19.9 Å². The predicted molar refractivity (Wildman–Crippen MR) is 374 cm³/mol. The van der Waals surface area contributed by atoms with Crippen molar-refractivity contribution in [3.05, 3.63) is 304 Å². The molecule has 18 rings (SSSR count). The summed E-state index contributed by atoms with van der Waals surface area (Å²) >= 11 is 0. The minimum absolute atomic E-state index is 0.913. The highest BCUT2D eigenvalue weighted by Gasteiger charge is 2.15. The monoisotopic (exact) mass is 1170 g/mol. The Morgan fingerprint density at radius 1 is 0.196 bits per heavy atom. The third kappa shape index (κ3) is 10.1. The standard InChI is InChI=1S/2C41H25N5/c1-5-33(25-42-19-1)37-18-16-29-12-14-31(24-39(29)46-37)30-13-11-28-15-17-36(45-38(28)23-30)27-9-7-26(8-10-27)35-22-32-4-2-20-43-40(32)41-34(35)6-3-21-44-41;1-4-33(25-42-20-1)37-18-15-29-10-12-32(24-39(29)46-37)31-11-9-28-14-17-36(45-38(28)23-31)27-7-5-26(6-8-27)34-19-22-44-41-35(34)16-13-30-3-2-21-43-40(30)41/h2*1-25H. The van der Waals surface area contributed by atoms with Crippen LogP contribution in [-0.4, -0.2) is 49.8 Å². The Morgan fingerprint density at radius 2 is 0.543 bits per heavy atom. The van der Waals surface area contributed by atoms with Gasteiger partial charge in [0.15, 0.2) is 0 Å². The van der Waals surface area contributed by atoms with Crippen LogP contribution in [0.25, 0.3) is 177 Å². The van der Waals surface area contributed by atoms with E-state index in [4.69, 9.17) is 19.9 Å². The molecule has 0 aliphatic rings. The van der Waals surface area contributed by atoms with Crippen molar-refractivity contribution in [1.82, 2.24) is 49.8 Å². The fourth-order valence-electron chi connectivity index (χ4n) is 12.5. The van der Waals surface area contributed by atoms with Crippen molar-refractivity contribution in [2.75, 3.05) is 0 Å². The summed E-state index contributed by atoms with van der Waals surface area (Å²) < 4.78 is 0. The van der Waals surface area contributed by atoms with Gasteiger partial charge in [0.1, 0.15) is 0 Å². The minimum Gasteiger partial charge on any atom is -0.264 e. The van der Waals surface area contributed by atoms with Gasteiger partial charge in [0.25, 0.3) is 0 Å². The molecule has 428 valence electrons. The smallest absolute Gasteiger partial charge is 0.0970 e. The number of hydrogen-bond acceptors (Lipinski definition) is 10. The maximum absolute atomic E-state index is 5.10. The first-order valence-corrected chi connectivity index (χ1v) is 30.5. The van der Waals surface area contributed by atoms with Crippen molar-refractivity contribution < 1.29 is 0 Å². The van der Waals surface area contributed by atoms with Crippen LogP contribution in [0.1, 0.15) is 0 Å². The Kier molecular flexibility index (Phi) is 13.3. The predicted octanol–water partition coefficient (Wildman–Crippen LogP) is 19.9. The number of fused-ring (bicyclic) bond motifs is 10. The first-order valence-electron chi connectivity index (χ1n) is 30.5. The molecule has 0 saturated carbocycles. The van der Waals surface area contributed by atoms with Crippen LogP contribution >= 0.6 is 0 Å². The lowest BCUT2D eigenvalue weighted by Crippen LogP contribution is -1.90. The molecule has 0 amide bonds. The van der Waals surface area contributed by atoms with E-state index < -0.39 is 0 Å². The number of benzene rings is 8. The Morgan fingerprint density at radius 3 is 1.01 bits per heavy atom. The molecule has 8 aromatic carbocycles. The van der Waals surface area contributed by atoms with Gasteiger partial charge in [-0.05, 0) is 148 Å². The number of nitrogens with zero attached hydrogens (tertiary/aromatic N) is 10. The van der Waals surface area contributed by atoms with Gasteiger partial charge >= 0.3 is 0 Å². The Bertz CT molecular complexity index is 5860. The molecule has 0 radical (unpaired) electrons. The molecule has 0 atom stereocenters. The molecule has 92 heavy (non-hydrogen) atoms. The lowest BCUT2D eigenvalue weighted by molar-refractivity contribution is 1.30. The van der Waals surface area contributed by atoms with Gasteiger partial charge in [-0.3, -0.25) is 29.9 Å². The fraction of sp³-hybridized carbons (Fsp3) is 0. The Balaban J connectivity index is 0.000000141. The van der Waals surface area contributed by atoms with Gasteiger partial charge in [-0.15, -0.1) is 0 Å². The van der Waals surface area contributed by atoms with E-state index in [0.717, 1.165) is 177 Å². The molecule has 10 heterocycles. The summed E-state index contributed by atoms with van der Waals surface area (Å²) in [5.41, 5.74) is 24.3. The van der Waals surface area contributed by atoms with E-state index in [1.165, 1.54) is 0 Å². The summed E-state index contributed by atoms with van der Waals surface area (Å²) in [5.74, 6) is 0. The molecule has 0 aliphatic carbocycles. The van der Waals surface area contributed by atoms with Crippen LogP contribution < -0.4 is 0 Å². The Hall–Kier alpha value is -12.7. The molecular formula is C82H50N10. The van der Waals surface area contributed by atoms with E-state index in [1.807, 2.05) is 91.8 Å². The zero-order chi connectivity index (χ0) is 60.9. The highest BCUT2D eigenvalue weighted by Crippen LogP contribution is 2.37. The molecule has 0 fully saturated rings. The molecule has 0 spiro atoms. The second-order valence-electron chi connectivity index (χ2n) is 22.8. The van der Waals surface area contributed by atoms with Crippen molar-refractivity contribution in [1.29, 1.82) is 0 Å². The first-order chi connectivity index (χ1) is 45.5. The average Bonchev–Trinajstić information content (AvgIpc) is 0.881. The van der Waals surface area contributed by atoms with Gasteiger partial charge in [0.05, 0.1) is 66.9 Å². The van der Waals surface area contributed by atoms with Gasteiger partial charge in [0.2, 0.25) is 0 Å². The SMILES string of the molecule is c1cncc(-c2ccc3ccc(-c4ccc5ccc(-c6ccc(-c7cc8cccnc8c8ncccc78)cc6)nc5c4)cc3n2)c1.c1cncc(-c2ccc3ccc(-c4ccc5ccc(-c6ccc(-c7ccnc8c7ccc7cccnc78)cc6)nc5c4)cc3n2)c1. The summed E-state index contributed by atoms with van der Waals surface area (Å²) in [5, 5.41) is 8.77. The van der Waals surface area contributed by atoms with Crippen LogP contribution in [0.2, 0.25) is 0 Å². The van der Waals surface area contributed by atoms with Gasteiger partial charge in [0, 0.05) is 115 Å². The van der Waals surface area contributed by atoms with Gasteiger partial charge in [-0.1, -0.05) is 152 Å². The Labute approximate surface area is 528 Å². The van der Waals surface area contributed by atoms with Crippen LogP contribution in [0.3, 0.4) is 0 Å². The van der Waals surface area contributed by atoms with E-state index in [9.17, 15) is 0 Å². The summed E-state index contributed by atoms with van der Waals surface area (Å²) in [6.07, 6.45) is 14.6. The summed E-state index contributed by atoms with van der Waals surface area (Å²) in [7, 11) is 0. The molecule has 18 aromatic rings. The second-order valence-corrected chi connectivity index (χ2v) is 22.8. The fourth-order valence-corrected chi connectivity index (χ4v) is 12.5. The van der Waals surface area contributed by atoms with Crippen LogP contribution in [0.15, 0.2) is 304 Å². The molecule has 0 aliphatic heterocycles. The quantitative estimate of drug-likeness (QED) is 0.136. The van der Waals surface area contributed by atoms with Crippen LogP contribution in [0.5, 0.6) is 0 Å². The molecule has 0 unspecified atom stereocenters. The molecule has 0 N–H and O–H groups in total.